The Balaban J connectivity index is 3.26. The lowest BCUT2D eigenvalue weighted by Crippen LogP contribution is -2.29. The predicted molar refractivity (Wildman–Crippen MR) is 69.1 cm³/mol. The number of halogens is 3. The fourth-order valence-electron chi connectivity index (χ4n) is 1.66. The molecule has 4 nitrogen and oxygen atoms in total. The Morgan fingerprint density at radius 3 is 2.38 bits per heavy atom. The lowest BCUT2D eigenvalue weighted by molar-refractivity contribution is -0.141. The van der Waals surface area contributed by atoms with E-state index in [9.17, 15) is 22.8 Å². The van der Waals surface area contributed by atoms with E-state index in [-0.39, 0.29) is 13.0 Å². The number of alkyl halides is 3. The summed E-state index contributed by atoms with van der Waals surface area (Å²) in [5, 5.41) is 1.80. The van der Waals surface area contributed by atoms with Crippen molar-refractivity contribution >= 4 is 12.4 Å². The molecule has 0 saturated carbocycles. The van der Waals surface area contributed by atoms with Crippen LogP contribution in [0, 0.1) is 0 Å². The molecule has 0 fully saturated rings. The van der Waals surface area contributed by atoms with Gasteiger partial charge in [-0.1, -0.05) is 30.3 Å². The van der Waals surface area contributed by atoms with E-state index in [1.165, 1.54) is 19.1 Å². The van der Waals surface area contributed by atoms with Crippen LogP contribution in [0.15, 0.2) is 41.6 Å². The van der Waals surface area contributed by atoms with Gasteiger partial charge in [-0.2, -0.15) is 13.2 Å². The third-order valence-corrected chi connectivity index (χ3v) is 2.55. The summed E-state index contributed by atoms with van der Waals surface area (Å²) in [7, 11) is 0. The summed E-state index contributed by atoms with van der Waals surface area (Å²) in [4.78, 5) is 22.1. The zero-order chi connectivity index (χ0) is 15.9. The lowest BCUT2D eigenvalue weighted by atomic mass is 10.0. The second-order valence-corrected chi connectivity index (χ2v) is 4.00. The molecule has 0 aliphatic carbocycles. The van der Waals surface area contributed by atoms with Crippen molar-refractivity contribution in [1.29, 1.82) is 0 Å². The van der Waals surface area contributed by atoms with Gasteiger partial charge in [0.05, 0.1) is 12.2 Å². The van der Waals surface area contributed by atoms with Crippen LogP contribution < -0.4 is 5.32 Å². The topological polar surface area (TPSA) is 55.4 Å². The first-order valence-electron chi connectivity index (χ1n) is 6.11. The molecule has 0 bridgehead atoms. The highest BCUT2D eigenvalue weighted by atomic mass is 19.4. The van der Waals surface area contributed by atoms with Crippen LogP contribution in [0.1, 0.15) is 12.5 Å². The largest absolute Gasteiger partial charge is 0.461 e. The molecule has 114 valence electrons. The van der Waals surface area contributed by atoms with Crippen LogP contribution in [0.4, 0.5) is 13.2 Å². The molecular weight excluding hydrogens is 287 g/mol. The van der Waals surface area contributed by atoms with Crippen LogP contribution in [0.2, 0.25) is 0 Å². The smallest absolute Gasteiger partial charge is 0.415 e. The van der Waals surface area contributed by atoms with E-state index in [2.05, 4.69) is 4.74 Å². The number of esters is 1. The van der Waals surface area contributed by atoms with Gasteiger partial charge in [0, 0.05) is 6.42 Å². The van der Waals surface area contributed by atoms with Crippen molar-refractivity contribution < 1.29 is 27.5 Å². The normalized spacial score (nSPS) is 12.4. The Hall–Kier alpha value is -2.31. The van der Waals surface area contributed by atoms with Crippen molar-refractivity contribution in [3.8, 4) is 0 Å². The average Bonchev–Trinajstić information content (AvgIpc) is 2.43. The molecule has 0 atom stereocenters. The first-order valence-corrected chi connectivity index (χ1v) is 6.11. The van der Waals surface area contributed by atoms with Gasteiger partial charge in [0.1, 0.15) is 5.70 Å². The number of hydrogen-bond acceptors (Lipinski definition) is 3. The molecule has 7 heteroatoms. The summed E-state index contributed by atoms with van der Waals surface area (Å²) >= 11 is 0. The quantitative estimate of drug-likeness (QED) is 0.498. The van der Waals surface area contributed by atoms with E-state index >= 15 is 0 Å². The fraction of sp³-hybridized carbons (Fsp3) is 0.286. The molecule has 0 aromatic heterocycles. The minimum absolute atomic E-state index is 0.0169. The van der Waals surface area contributed by atoms with Crippen LogP contribution in [-0.2, 0) is 20.7 Å². The lowest BCUT2D eigenvalue weighted by Gasteiger charge is -2.16. The first-order chi connectivity index (χ1) is 9.90. The summed E-state index contributed by atoms with van der Waals surface area (Å²) in [5.41, 5.74) is -1.68. The summed E-state index contributed by atoms with van der Waals surface area (Å²) in [6.07, 6.45) is -5.30. The number of carbonyl (C=O) groups is 2. The molecule has 1 amide bonds. The van der Waals surface area contributed by atoms with E-state index in [1.807, 2.05) is 0 Å². The number of allylic oxidation sites excluding steroid dienone is 1. The Morgan fingerprint density at radius 1 is 1.29 bits per heavy atom. The Labute approximate surface area is 119 Å². The van der Waals surface area contributed by atoms with Gasteiger partial charge in [-0.3, -0.25) is 4.79 Å². The summed E-state index contributed by atoms with van der Waals surface area (Å²) in [5.74, 6) is -1.21. The molecule has 0 radical (unpaired) electrons. The first kappa shape index (κ1) is 16.7. The molecule has 0 aliphatic heterocycles. The van der Waals surface area contributed by atoms with Gasteiger partial charge in [0.25, 0.3) is 0 Å². The molecule has 0 spiro atoms. The number of ether oxygens (including phenoxy) is 1. The van der Waals surface area contributed by atoms with Crippen LogP contribution in [-0.4, -0.2) is 25.2 Å². The number of amides is 1. The second-order valence-electron chi connectivity index (χ2n) is 4.00. The van der Waals surface area contributed by atoms with E-state index in [0.717, 1.165) is 0 Å². The van der Waals surface area contributed by atoms with Gasteiger partial charge >= 0.3 is 12.1 Å². The SMILES string of the molecule is CCOC(=O)/C(NC=O)=C(\Cc1ccccc1)C(F)(F)F. The maximum Gasteiger partial charge on any atom is 0.415 e. The zero-order valence-corrected chi connectivity index (χ0v) is 11.2. The predicted octanol–water partition coefficient (Wildman–Crippen LogP) is 2.35. The monoisotopic (exact) mass is 301 g/mol. The number of rotatable bonds is 6. The van der Waals surface area contributed by atoms with Crippen LogP contribution in [0.3, 0.4) is 0 Å². The highest BCUT2D eigenvalue weighted by Gasteiger charge is 2.38. The van der Waals surface area contributed by atoms with Gasteiger partial charge in [0.2, 0.25) is 6.41 Å². The van der Waals surface area contributed by atoms with Gasteiger partial charge in [-0.25, -0.2) is 4.79 Å². The van der Waals surface area contributed by atoms with E-state index in [0.29, 0.717) is 5.56 Å². The van der Waals surface area contributed by atoms with Crippen molar-refractivity contribution in [2.75, 3.05) is 6.61 Å². The number of nitrogens with one attached hydrogen (secondary N) is 1. The number of carbonyl (C=O) groups excluding carboxylic acids is 2. The van der Waals surface area contributed by atoms with Crippen molar-refractivity contribution in [3.63, 3.8) is 0 Å². The highest BCUT2D eigenvalue weighted by Crippen LogP contribution is 2.30. The van der Waals surface area contributed by atoms with Crippen LogP contribution >= 0.6 is 0 Å². The van der Waals surface area contributed by atoms with Gasteiger partial charge in [0.15, 0.2) is 0 Å². The standard InChI is InChI=1S/C14H14F3NO3/c1-2-21-13(20)12(18-9-19)11(14(15,16)17)8-10-6-4-3-5-7-10/h3-7,9H,2,8H2,1H3,(H,18,19)/b12-11-. The molecule has 1 aromatic carbocycles. The maximum atomic E-state index is 13.2. The molecule has 0 unspecified atom stereocenters. The molecular formula is C14H14F3NO3. The van der Waals surface area contributed by atoms with Crippen molar-refractivity contribution in [1.82, 2.24) is 5.32 Å². The van der Waals surface area contributed by atoms with E-state index in [1.54, 1.807) is 23.5 Å². The van der Waals surface area contributed by atoms with Crippen molar-refractivity contribution in [2.45, 2.75) is 19.5 Å². The average molecular weight is 301 g/mol. The van der Waals surface area contributed by atoms with Crippen molar-refractivity contribution in [3.05, 3.63) is 47.2 Å². The third-order valence-electron chi connectivity index (χ3n) is 2.55. The fourth-order valence-corrected chi connectivity index (χ4v) is 1.66. The molecule has 21 heavy (non-hydrogen) atoms. The van der Waals surface area contributed by atoms with Gasteiger partial charge < -0.3 is 10.1 Å². The molecule has 0 aliphatic rings. The Kier molecular flexibility index (Phi) is 5.95. The minimum Gasteiger partial charge on any atom is -0.461 e. The molecule has 1 aromatic rings. The van der Waals surface area contributed by atoms with Crippen molar-refractivity contribution in [2.24, 2.45) is 0 Å². The van der Waals surface area contributed by atoms with E-state index < -0.39 is 29.8 Å². The van der Waals surface area contributed by atoms with Crippen LogP contribution in [0.5, 0.6) is 0 Å². The molecule has 1 N–H and O–H groups in total. The number of benzene rings is 1. The summed E-state index contributed by atoms with van der Waals surface area (Å²) in [6.45, 7) is 1.36. The minimum atomic E-state index is -4.77. The summed E-state index contributed by atoms with van der Waals surface area (Å²) < 4.78 is 44.0. The van der Waals surface area contributed by atoms with E-state index in [4.69, 9.17) is 0 Å². The maximum absolute atomic E-state index is 13.2. The van der Waals surface area contributed by atoms with Crippen LogP contribution in [0.25, 0.3) is 0 Å². The number of hydrogen-bond donors (Lipinski definition) is 1. The second kappa shape index (κ2) is 7.47. The summed E-state index contributed by atoms with van der Waals surface area (Å²) in [6, 6.07) is 7.82. The Bertz CT molecular complexity index is 524. The highest BCUT2D eigenvalue weighted by molar-refractivity contribution is 5.91. The Morgan fingerprint density at radius 2 is 1.90 bits per heavy atom. The molecule has 1 rings (SSSR count). The molecule has 0 saturated heterocycles. The van der Waals surface area contributed by atoms with Gasteiger partial charge in [-0.15, -0.1) is 0 Å². The van der Waals surface area contributed by atoms with Gasteiger partial charge in [-0.05, 0) is 12.5 Å². The third kappa shape index (κ3) is 4.94. The zero-order valence-electron chi connectivity index (χ0n) is 11.2. The molecule has 0 heterocycles.